The maximum atomic E-state index is 12.6. The van der Waals surface area contributed by atoms with Crippen LogP contribution in [0.2, 0.25) is 0 Å². The fraction of sp³-hybridized carbons (Fsp3) is 0.190. The highest BCUT2D eigenvalue weighted by Gasteiger charge is 2.14. The molecule has 0 spiro atoms. The fourth-order valence-corrected chi connectivity index (χ4v) is 2.91. The van der Waals surface area contributed by atoms with Crippen LogP contribution in [0.25, 0.3) is 10.8 Å². The van der Waals surface area contributed by atoms with Crippen LogP contribution in [0.4, 0.5) is 5.69 Å². The molecule has 0 saturated carbocycles. The number of benzene rings is 3. The number of rotatable bonds is 4. The molecule has 0 bridgehead atoms. The Kier molecular flexibility index (Phi) is 4.52. The van der Waals surface area contributed by atoms with Crippen molar-refractivity contribution < 1.29 is 4.79 Å². The Balaban J connectivity index is 1.85. The Morgan fingerprint density at radius 2 is 1.67 bits per heavy atom. The highest BCUT2D eigenvalue weighted by atomic mass is 16.1. The number of hydrogen-bond acceptors (Lipinski definition) is 2. The van der Waals surface area contributed by atoms with E-state index in [1.807, 2.05) is 68.4 Å². The molecule has 24 heavy (non-hydrogen) atoms. The predicted molar refractivity (Wildman–Crippen MR) is 101 cm³/mol. The van der Waals surface area contributed by atoms with Gasteiger partial charge in [-0.15, -0.1) is 0 Å². The van der Waals surface area contributed by atoms with Crippen LogP contribution in [0.5, 0.6) is 0 Å². The van der Waals surface area contributed by atoms with Gasteiger partial charge in [-0.2, -0.15) is 0 Å². The van der Waals surface area contributed by atoms with E-state index in [2.05, 4.69) is 29.6 Å². The summed E-state index contributed by atoms with van der Waals surface area (Å²) < 4.78 is 0. The fourth-order valence-electron chi connectivity index (χ4n) is 2.91. The topological polar surface area (TPSA) is 32.3 Å². The van der Waals surface area contributed by atoms with Gasteiger partial charge in [0, 0.05) is 25.3 Å². The van der Waals surface area contributed by atoms with E-state index >= 15 is 0 Å². The van der Waals surface area contributed by atoms with Crippen molar-refractivity contribution in [2.45, 2.75) is 13.0 Å². The number of fused-ring (bicyclic) bond motifs is 1. The first-order chi connectivity index (χ1) is 11.6. The summed E-state index contributed by atoms with van der Waals surface area (Å²) in [5.74, 6) is -0.0564. The molecule has 3 heteroatoms. The molecule has 3 rings (SSSR count). The van der Waals surface area contributed by atoms with Gasteiger partial charge in [0.1, 0.15) is 0 Å². The number of amides is 1. The zero-order chi connectivity index (χ0) is 17.1. The average Bonchev–Trinajstić information content (AvgIpc) is 2.61. The molecule has 122 valence electrons. The van der Waals surface area contributed by atoms with Crippen LogP contribution in [0.3, 0.4) is 0 Å². The second-order valence-electron chi connectivity index (χ2n) is 6.21. The third-order valence-corrected chi connectivity index (χ3v) is 4.26. The van der Waals surface area contributed by atoms with Crippen LogP contribution < -0.4 is 10.2 Å². The van der Waals surface area contributed by atoms with Crippen LogP contribution in [0, 0.1) is 0 Å². The van der Waals surface area contributed by atoms with Crippen LogP contribution in [-0.2, 0) is 0 Å². The highest BCUT2D eigenvalue weighted by molar-refractivity contribution is 5.96. The minimum absolute atomic E-state index is 0.0564. The smallest absolute Gasteiger partial charge is 0.251 e. The predicted octanol–water partition coefficient (Wildman–Crippen LogP) is 4.40. The summed E-state index contributed by atoms with van der Waals surface area (Å²) in [5, 5.41) is 5.47. The lowest BCUT2D eigenvalue weighted by Crippen LogP contribution is -2.27. The highest BCUT2D eigenvalue weighted by Crippen LogP contribution is 2.24. The Bertz CT molecular complexity index is 865. The molecule has 1 atom stereocenters. The average molecular weight is 318 g/mol. The van der Waals surface area contributed by atoms with Gasteiger partial charge in [0.2, 0.25) is 0 Å². The normalized spacial score (nSPS) is 12.0. The first kappa shape index (κ1) is 16.1. The molecule has 0 heterocycles. The quantitative estimate of drug-likeness (QED) is 0.773. The van der Waals surface area contributed by atoms with Gasteiger partial charge in [-0.25, -0.2) is 0 Å². The van der Waals surface area contributed by atoms with Crippen molar-refractivity contribution in [1.29, 1.82) is 0 Å². The maximum absolute atomic E-state index is 12.6. The van der Waals surface area contributed by atoms with Crippen molar-refractivity contribution in [3.8, 4) is 0 Å². The van der Waals surface area contributed by atoms with Crippen molar-refractivity contribution >= 4 is 22.4 Å². The van der Waals surface area contributed by atoms with Gasteiger partial charge in [0.25, 0.3) is 5.91 Å². The molecule has 0 radical (unpaired) electrons. The molecule has 3 nitrogen and oxygen atoms in total. The van der Waals surface area contributed by atoms with Crippen molar-refractivity contribution in [3.05, 3.63) is 77.9 Å². The summed E-state index contributed by atoms with van der Waals surface area (Å²) in [6.45, 7) is 2.02. The Labute approximate surface area is 142 Å². The lowest BCUT2D eigenvalue weighted by molar-refractivity contribution is 0.0940. The molecule has 0 aromatic heterocycles. The number of anilines is 1. The molecular weight excluding hydrogens is 296 g/mol. The van der Waals surface area contributed by atoms with E-state index in [0.717, 1.165) is 11.3 Å². The second-order valence-corrected chi connectivity index (χ2v) is 6.21. The van der Waals surface area contributed by atoms with E-state index in [0.29, 0.717) is 5.56 Å². The first-order valence-electron chi connectivity index (χ1n) is 8.12. The van der Waals surface area contributed by atoms with E-state index in [1.165, 1.54) is 10.8 Å². The van der Waals surface area contributed by atoms with Gasteiger partial charge in [-0.05, 0) is 41.5 Å². The molecular formula is C21H22N2O. The van der Waals surface area contributed by atoms with Gasteiger partial charge in [-0.1, -0.05) is 48.5 Å². The molecule has 0 fully saturated rings. The van der Waals surface area contributed by atoms with Gasteiger partial charge < -0.3 is 10.2 Å². The van der Waals surface area contributed by atoms with E-state index in [4.69, 9.17) is 0 Å². The van der Waals surface area contributed by atoms with Crippen LogP contribution in [0.1, 0.15) is 28.9 Å². The number of hydrogen-bond donors (Lipinski definition) is 1. The number of nitrogens with one attached hydrogen (secondary N) is 1. The van der Waals surface area contributed by atoms with Crippen molar-refractivity contribution in [2.24, 2.45) is 0 Å². The lowest BCUT2D eigenvalue weighted by Gasteiger charge is -2.18. The van der Waals surface area contributed by atoms with Gasteiger partial charge in [-0.3, -0.25) is 4.79 Å². The Morgan fingerprint density at radius 3 is 2.46 bits per heavy atom. The molecule has 0 saturated heterocycles. The van der Waals surface area contributed by atoms with Gasteiger partial charge in [0.05, 0.1) is 6.04 Å². The second kappa shape index (κ2) is 6.75. The van der Waals surface area contributed by atoms with Crippen LogP contribution >= 0.6 is 0 Å². The number of carbonyl (C=O) groups is 1. The summed E-state index contributed by atoms with van der Waals surface area (Å²) in [4.78, 5) is 14.6. The Hall–Kier alpha value is -2.81. The zero-order valence-corrected chi connectivity index (χ0v) is 14.3. The molecule has 1 amide bonds. The summed E-state index contributed by atoms with van der Waals surface area (Å²) in [6, 6.07) is 22.0. The minimum Gasteiger partial charge on any atom is -0.378 e. The van der Waals surface area contributed by atoms with E-state index < -0.39 is 0 Å². The van der Waals surface area contributed by atoms with Crippen LogP contribution in [-0.4, -0.2) is 20.0 Å². The third-order valence-electron chi connectivity index (χ3n) is 4.26. The van der Waals surface area contributed by atoms with Crippen molar-refractivity contribution in [1.82, 2.24) is 5.32 Å². The molecule has 0 aliphatic heterocycles. The summed E-state index contributed by atoms with van der Waals surface area (Å²) in [7, 11) is 3.94. The van der Waals surface area contributed by atoms with E-state index in [1.54, 1.807) is 0 Å². The molecule has 1 unspecified atom stereocenters. The minimum atomic E-state index is -0.0633. The molecule has 1 N–H and O–H groups in total. The SMILES string of the molecule is CC(NC(=O)c1cccc(N(C)C)c1)c1cccc2ccccc12. The summed E-state index contributed by atoms with van der Waals surface area (Å²) in [6.07, 6.45) is 0. The largest absolute Gasteiger partial charge is 0.378 e. The third kappa shape index (κ3) is 3.25. The van der Waals surface area contributed by atoms with E-state index in [-0.39, 0.29) is 11.9 Å². The standard InChI is InChI=1S/C21H22N2O/c1-15(19-13-7-9-16-8-4-5-12-20(16)19)22-21(24)17-10-6-11-18(14-17)23(2)3/h4-15H,1-3H3,(H,22,24). The monoisotopic (exact) mass is 318 g/mol. The molecule has 0 aliphatic carbocycles. The van der Waals surface area contributed by atoms with Crippen LogP contribution in [0.15, 0.2) is 66.7 Å². The van der Waals surface area contributed by atoms with Crippen molar-refractivity contribution in [3.63, 3.8) is 0 Å². The summed E-state index contributed by atoms with van der Waals surface area (Å²) >= 11 is 0. The molecule has 3 aromatic rings. The van der Waals surface area contributed by atoms with E-state index in [9.17, 15) is 4.79 Å². The zero-order valence-electron chi connectivity index (χ0n) is 14.3. The molecule has 3 aromatic carbocycles. The number of carbonyl (C=O) groups excluding carboxylic acids is 1. The van der Waals surface area contributed by atoms with Crippen molar-refractivity contribution in [2.75, 3.05) is 19.0 Å². The first-order valence-corrected chi connectivity index (χ1v) is 8.12. The Morgan fingerprint density at radius 1 is 0.958 bits per heavy atom. The molecule has 0 aliphatic rings. The summed E-state index contributed by atoms with van der Waals surface area (Å²) in [5.41, 5.74) is 2.82. The lowest BCUT2D eigenvalue weighted by atomic mass is 9.99. The maximum Gasteiger partial charge on any atom is 0.251 e. The van der Waals surface area contributed by atoms with Gasteiger partial charge in [0.15, 0.2) is 0 Å². The number of nitrogens with zero attached hydrogens (tertiary/aromatic N) is 1. The van der Waals surface area contributed by atoms with Gasteiger partial charge >= 0.3 is 0 Å².